The maximum Gasteiger partial charge on any atom is 0.143 e. The number of hydrogen-bond acceptors (Lipinski definition) is 4. The van der Waals surface area contributed by atoms with Gasteiger partial charge in [0.05, 0.1) is 23.8 Å². The summed E-state index contributed by atoms with van der Waals surface area (Å²) in [5.41, 5.74) is 3.34. The highest BCUT2D eigenvalue weighted by atomic mass is 16.5. The fourth-order valence-electron chi connectivity index (χ4n) is 3.85. The molecule has 6 heteroatoms. The summed E-state index contributed by atoms with van der Waals surface area (Å²) in [6, 6.07) is 8.90. The molecule has 0 saturated carbocycles. The molecular formula is C19H21N5O. The lowest BCUT2D eigenvalue weighted by molar-refractivity contribution is 0.306. The number of piperidine rings is 1. The monoisotopic (exact) mass is 335 g/mol. The lowest BCUT2D eigenvalue weighted by atomic mass is 10.0. The lowest BCUT2D eigenvalue weighted by Crippen LogP contribution is -2.32. The summed E-state index contributed by atoms with van der Waals surface area (Å²) in [5.74, 6) is 1.88. The Morgan fingerprint density at radius 3 is 3.12 bits per heavy atom. The molecular weight excluding hydrogens is 314 g/mol. The second-order valence-corrected chi connectivity index (χ2v) is 6.66. The first kappa shape index (κ1) is 14.7. The summed E-state index contributed by atoms with van der Waals surface area (Å²) < 4.78 is 10.3. The van der Waals surface area contributed by atoms with E-state index >= 15 is 0 Å². The van der Waals surface area contributed by atoms with E-state index in [0.717, 1.165) is 48.0 Å². The van der Waals surface area contributed by atoms with Gasteiger partial charge in [-0.2, -0.15) is 5.10 Å². The summed E-state index contributed by atoms with van der Waals surface area (Å²) in [7, 11) is 0. The minimum absolute atomic E-state index is 0.414. The number of nitrogens with zero attached hydrogens (tertiary/aromatic N) is 4. The summed E-state index contributed by atoms with van der Waals surface area (Å²) in [6.45, 7) is 3.57. The van der Waals surface area contributed by atoms with Gasteiger partial charge in [0.15, 0.2) is 0 Å². The Bertz CT molecular complexity index is 891. The minimum atomic E-state index is 0.414. The molecule has 5 rings (SSSR count). The van der Waals surface area contributed by atoms with E-state index in [1.165, 1.54) is 12.8 Å². The third-order valence-corrected chi connectivity index (χ3v) is 5.11. The number of ether oxygens (including phenoxy) is 1. The van der Waals surface area contributed by atoms with Gasteiger partial charge in [0.25, 0.3) is 0 Å². The summed E-state index contributed by atoms with van der Waals surface area (Å²) in [4.78, 5) is 4.50. The second kappa shape index (κ2) is 6.04. The molecule has 1 unspecified atom stereocenters. The van der Waals surface area contributed by atoms with E-state index in [4.69, 9.17) is 4.74 Å². The number of rotatable bonds is 2. The molecule has 2 aliphatic heterocycles. The normalized spacial score (nSPS) is 19.6. The number of nitrogens with one attached hydrogen (secondary N) is 1. The van der Waals surface area contributed by atoms with Gasteiger partial charge >= 0.3 is 0 Å². The van der Waals surface area contributed by atoms with Crippen molar-refractivity contribution in [1.29, 1.82) is 0 Å². The molecule has 1 N–H and O–H groups in total. The Labute approximate surface area is 146 Å². The zero-order valence-corrected chi connectivity index (χ0v) is 14.1. The first-order valence-corrected chi connectivity index (χ1v) is 8.93. The van der Waals surface area contributed by atoms with Crippen molar-refractivity contribution >= 4 is 0 Å². The average molecular weight is 335 g/mol. The number of benzene rings is 1. The molecule has 3 aromatic rings. The molecule has 2 aliphatic rings. The first-order valence-electron chi connectivity index (χ1n) is 8.93. The van der Waals surface area contributed by atoms with Crippen LogP contribution in [0.3, 0.4) is 0 Å². The van der Waals surface area contributed by atoms with Crippen LogP contribution in [0.5, 0.6) is 5.75 Å². The van der Waals surface area contributed by atoms with Crippen molar-refractivity contribution in [2.24, 2.45) is 0 Å². The van der Waals surface area contributed by atoms with E-state index in [-0.39, 0.29) is 0 Å². The van der Waals surface area contributed by atoms with E-state index in [1.54, 1.807) is 0 Å². The van der Waals surface area contributed by atoms with Crippen LogP contribution < -0.4 is 10.1 Å². The minimum Gasteiger partial charge on any atom is -0.491 e. The van der Waals surface area contributed by atoms with Crippen LogP contribution in [0.25, 0.3) is 22.6 Å². The van der Waals surface area contributed by atoms with Crippen molar-refractivity contribution in [3.05, 3.63) is 42.9 Å². The summed E-state index contributed by atoms with van der Waals surface area (Å²) in [6.07, 6.45) is 8.11. The largest absolute Gasteiger partial charge is 0.491 e. The molecule has 1 fully saturated rings. The number of fused-ring (bicyclic) bond motifs is 3. The van der Waals surface area contributed by atoms with Crippen molar-refractivity contribution in [3.8, 4) is 28.4 Å². The molecule has 0 radical (unpaired) electrons. The molecule has 25 heavy (non-hydrogen) atoms. The van der Waals surface area contributed by atoms with Crippen LogP contribution in [0.15, 0.2) is 42.9 Å². The standard InChI is InChI=1S/C19H21N5O/c1-2-15(13-20-6-1)24-17(5-7-22-24)14-3-4-16-18(12-14)25-11-10-23-9-8-21-19(16)23/h3-5,7-9,12,15,20H,1-2,6,10-11,13H2. The van der Waals surface area contributed by atoms with Gasteiger partial charge in [-0.3, -0.25) is 4.68 Å². The fraction of sp³-hybridized carbons (Fsp3) is 0.368. The summed E-state index contributed by atoms with van der Waals surface area (Å²) >= 11 is 0. The molecule has 0 amide bonds. The number of aromatic nitrogens is 4. The Morgan fingerprint density at radius 2 is 2.20 bits per heavy atom. The molecule has 0 spiro atoms. The van der Waals surface area contributed by atoms with E-state index in [1.807, 2.05) is 18.6 Å². The van der Waals surface area contributed by atoms with Crippen LogP contribution >= 0.6 is 0 Å². The maximum atomic E-state index is 6.01. The topological polar surface area (TPSA) is 56.9 Å². The molecule has 1 atom stereocenters. The first-order chi connectivity index (χ1) is 12.4. The zero-order valence-electron chi connectivity index (χ0n) is 14.1. The van der Waals surface area contributed by atoms with E-state index in [0.29, 0.717) is 12.6 Å². The third kappa shape index (κ3) is 2.53. The Kier molecular flexibility index (Phi) is 3.56. The molecule has 1 aromatic carbocycles. The van der Waals surface area contributed by atoms with Gasteiger partial charge in [-0.15, -0.1) is 0 Å². The van der Waals surface area contributed by atoms with E-state index in [2.05, 4.69) is 48.9 Å². The van der Waals surface area contributed by atoms with Gasteiger partial charge in [0.2, 0.25) is 0 Å². The second-order valence-electron chi connectivity index (χ2n) is 6.66. The highest BCUT2D eigenvalue weighted by Crippen LogP contribution is 2.36. The van der Waals surface area contributed by atoms with Gasteiger partial charge in [-0.25, -0.2) is 4.98 Å². The van der Waals surface area contributed by atoms with Crippen molar-refractivity contribution in [2.45, 2.75) is 25.4 Å². The predicted octanol–water partition coefficient (Wildman–Crippen LogP) is 2.73. The van der Waals surface area contributed by atoms with Crippen LogP contribution in [0.2, 0.25) is 0 Å². The van der Waals surface area contributed by atoms with Crippen molar-refractivity contribution in [3.63, 3.8) is 0 Å². The molecule has 0 bridgehead atoms. The van der Waals surface area contributed by atoms with Crippen LogP contribution in [-0.2, 0) is 6.54 Å². The van der Waals surface area contributed by atoms with Gasteiger partial charge in [0.1, 0.15) is 18.2 Å². The van der Waals surface area contributed by atoms with Crippen molar-refractivity contribution in [2.75, 3.05) is 19.7 Å². The smallest absolute Gasteiger partial charge is 0.143 e. The molecule has 4 heterocycles. The fourth-order valence-corrected chi connectivity index (χ4v) is 3.85. The summed E-state index contributed by atoms with van der Waals surface area (Å²) in [5, 5.41) is 8.07. The maximum absolute atomic E-state index is 6.01. The Balaban J connectivity index is 1.55. The van der Waals surface area contributed by atoms with Crippen molar-refractivity contribution < 1.29 is 4.74 Å². The van der Waals surface area contributed by atoms with Gasteiger partial charge in [0, 0.05) is 30.7 Å². The highest BCUT2D eigenvalue weighted by Gasteiger charge is 2.21. The lowest BCUT2D eigenvalue weighted by Gasteiger charge is -2.25. The molecule has 2 aromatic heterocycles. The van der Waals surface area contributed by atoms with Gasteiger partial charge < -0.3 is 14.6 Å². The predicted molar refractivity (Wildman–Crippen MR) is 95.5 cm³/mol. The molecule has 6 nitrogen and oxygen atoms in total. The van der Waals surface area contributed by atoms with Crippen LogP contribution in [0.1, 0.15) is 18.9 Å². The molecule has 1 saturated heterocycles. The number of hydrogen-bond donors (Lipinski definition) is 1. The number of imidazole rings is 1. The van der Waals surface area contributed by atoms with Crippen LogP contribution in [0, 0.1) is 0 Å². The Hall–Kier alpha value is -2.60. The van der Waals surface area contributed by atoms with Gasteiger partial charge in [-0.05, 0) is 37.6 Å². The highest BCUT2D eigenvalue weighted by molar-refractivity contribution is 5.72. The quantitative estimate of drug-likeness (QED) is 0.782. The van der Waals surface area contributed by atoms with Crippen LogP contribution in [-0.4, -0.2) is 39.0 Å². The third-order valence-electron chi connectivity index (χ3n) is 5.11. The molecule has 128 valence electrons. The zero-order chi connectivity index (χ0) is 16.6. The van der Waals surface area contributed by atoms with E-state index < -0.39 is 0 Å². The molecule has 0 aliphatic carbocycles. The Morgan fingerprint density at radius 1 is 1.20 bits per heavy atom. The van der Waals surface area contributed by atoms with Gasteiger partial charge in [-0.1, -0.05) is 6.07 Å². The average Bonchev–Trinajstić information content (AvgIpc) is 3.29. The van der Waals surface area contributed by atoms with Crippen molar-refractivity contribution in [1.82, 2.24) is 24.6 Å². The van der Waals surface area contributed by atoms with Crippen LogP contribution in [0.4, 0.5) is 0 Å². The SMILES string of the molecule is c1cn2c(n1)-c1ccc(-c3ccnn3C3CCCNC3)cc1OCC2. The van der Waals surface area contributed by atoms with E-state index in [9.17, 15) is 0 Å².